The van der Waals surface area contributed by atoms with E-state index in [1.165, 1.54) is 38.5 Å². The Morgan fingerprint density at radius 3 is 2.39 bits per heavy atom. The van der Waals surface area contributed by atoms with Crippen LogP contribution in [-0.2, 0) is 9.53 Å². The van der Waals surface area contributed by atoms with E-state index in [1.54, 1.807) is 0 Å². The monoisotopic (exact) mass is 252 g/mol. The van der Waals surface area contributed by atoms with Gasteiger partial charge in [-0.25, -0.2) is 0 Å². The molecule has 0 atom stereocenters. The van der Waals surface area contributed by atoms with Crippen molar-refractivity contribution < 1.29 is 9.53 Å². The smallest absolute Gasteiger partial charge is 0.305 e. The van der Waals surface area contributed by atoms with Gasteiger partial charge in [0.15, 0.2) is 0 Å². The van der Waals surface area contributed by atoms with Crippen LogP contribution >= 0.6 is 0 Å². The van der Waals surface area contributed by atoms with E-state index in [9.17, 15) is 4.79 Å². The van der Waals surface area contributed by atoms with E-state index in [2.05, 4.69) is 13.8 Å². The molecule has 0 saturated heterocycles. The van der Waals surface area contributed by atoms with Gasteiger partial charge in [0.2, 0.25) is 0 Å². The SMILES string of the molecule is CC(C)CCC(=O)OCCC12CCC(CC1)CC2. The summed E-state index contributed by atoms with van der Waals surface area (Å²) in [5.74, 6) is 1.61. The van der Waals surface area contributed by atoms with Crippen LogP contribution in [-0.4, -0.2) is 12.6 Å². The minimum absolute atomic E-state index is 0.00426. The molecule has 3 saturated carbocycles. The largest absolute Gasteiger partial charge is 0.466 e. The van der Waals surface area contributed by atoms with Crippen molar-refractivity contribution in [2.45, 2.75) is 71.6 Å². The lowest BCUT2D eigenvalue weighted by atomic mass is 9.59. The third kappa shape index (κ3) is 3.73. The second-order valence-corrected chi connectivity index (χ2v) is 6.89. The number of ether oxygens (including phenoxy) is 1. The van der Waals surface area contributed by atoms with Crippen LogP contribution in [0.15, 0.2) is 0 Å². The Balaban J connectivity index is 1.64. The predicted molar refractivity (Wildman–Crippen MR) is 73.3 cm³/mol. The zero-order valence-electron chi connectivity index (χ0n) is 12.0. The van der Waals surface area contributed by atoms with Gasteiger partial charge in [-0.2, -0.15) is 0 Å². The molecule has 18 heavy (non-hydrogen) atoms. The third-order valence-electron chi connectivity index (χ3n) is 5.07. The van der Waals surface area contributed by atoms with E-state index in [0.29, 0.717) is 24.4 Å². The lowest BCUT2D eigenvalue weighted by molar-refractivity contribution is -0.145. The zero-order chi connectivity index (χ0) is 13.0. The number of hydrogen-bond acceptors (Lipinski definition) is 2. The summed E-state index contributed by atoms with van der Waals surface area (Å²) in [6.07, 6.45) is 11.0. The van der Waals surface area contributed by atoms with Gasteiger partial charge in [-0.1, -0.05) is 13.8 Å². The molecule has 0 aromatic rings. The summed E-state index contributed by atoms with van der Waals surface area (Å²) in [5.41, 5.74) is 0.535. The van der Waals surface area contributed by atoms with Crippen molar-refractivity contribution in [1.82, 2.24) is 0 Å². The van der Waals surface area contributed by atoms with Crippen molar-refractivity contribution >= 4 is 5.97 Å². The number of fused-ring (bicyclic) bond motifs is 3. The highest BCUT2D eigenvalue weighted by atomic mass is 16.5. The van der Waals surface area contributed by atoms with Crippen LogP contribution in [0.1, 0.15) is 71.6 Å². The van der Waals surface area contributed by atoms with Crippen molar-refractivity contribution in [3.8, 4) is 0 Å². The van der Waals surface area contributed by atoms with Crippen LogP contribution in [0.3, 0.4) is 0 Å². The van der Waals surface area contributed by atoms with Crippen molar-refractivity contribution in [2.75, 3.05) is 6.61 Å². The minimum atomic E-state index is 0.00426. The summed E-state index contributed by atoms with van der Waals surface area (Å²) < 4.78 is 5.40. The van der Waals surface area contributed by atoms with Crippen molar-refractivity contribution in [2.24, 2.45) is 17.3 Å². The first-order valence-corrected chi connectivity index (χ1v) is 7.75. The Morgan fingerprint density at radius 1 is 1.22 bits per heavy atom. The van der Waals surface area contributed by atoms with Crippen LogP contribution in [0.4, 0.5) is 0 Å². The van der Waals surface area contributed by atoms with Gasteiger partial charge in [0.1, 0.15) is 0 Å². The highest BCUT2D eigenvalue weighted by Gasteiger charge is 2.39. The molecule has 0 aromatic heterocycles. The molecule has 3 fully saturated rings. The van der Waals surface area contributed by atoms with Gasteiger partial charge in [0.05, 0.1) is 6.61 Å². The van der Waals surface area contributed by atoms with E-state index in [0.717, 1.165) is 18.8 Å². The van der Waals surface area contributed by atoms with Crippen LogP contribution in [0, 0.1) is 17.3 Å². The highest BCUT2D eigenvalue weighted by Crippen LogP contribution is 2.52. The fourth-order valence-corrected chi connectivity index (χ4v) is 3.57. The lowest BCUT2D eigenvalue weighted by Gasteiger charge is -2.46. The fraction of sp³-hybridized carbons (Fsp3) is 0.938. The number of carbonyl (C=O) groups excluding carboxylic acids is 1. The average Bonchev–Trinajstić information content (AvgIpc) is 2.38. The summed E-state index contributed by atoms with van der Waals surface area (Å²) >= 11 is 0. The molecule has 3 rings (SSSR count). The maximum absolute atomic E-state index is 11.6. The number of hydrogen-bond donors (Lipinski definition) is 0. The molecule has 0 aromatic carbocycles. The van der Waals surface area contributed by atoms with Crippen molar-refractivity contribution in [3.63, 3.8) is 0 Å². The molecule has 0 spiro atoms. The first kappa shape index (κ1) is 13.9. The number of rotatable bonds is 6. The molecular formula is C16H28O2. The Morgan fingerprint density at radius 2 is 1.83 bits per heavy atom. The Kier molecular flexibility index (Phi) is 4.69. The summed E-state index contributed by atoms with van der Waals surface area (Å²) in [7, 11) is 0. The Hall–Kier alpha value is -0.530. The van der Waals surface area contributed by atoms with Crippen molar-refractivity contribution in [3.05, 3.63) is 0 Å². The second kappa shape index (κ2) is 6.08. The highest BCUT2D eigenvalue weighted by molar-refractivity contribution is 5.69. The maximum Gasteiger partial charge on any atom is 0.305 e. The summed E-state index contributed by atoms with van der Waals surface area (Å²) in [6, 6.07) is 0. The molecule has 0 N–H and O–H groups in total. The van der Waals surface area contributed by atoms with Gasteiger partial charge in [-0.3, -0.25) is 4.79 Å². The molecule has 0 amide bonds. The first-order chi connectivity index (χ1) is 8.60. The van der Waals surface area contributed by atoms with E-state index in [-0.39, 0.29) is 5.97 Å². The van der Waals surface area contributed by atoms with E-state index in [1.807, 2.05) is 0 Å². The van der Waals surface area contributed by atoms with Gasteiger partial charge in [0, 0.05) is 6.42 Å². The van der Waals surface area contributed by atoms with Gasteiger partial charge >= 0.3 is 5.97 Å². The normalized spacial score (nSPS) is 30.7. The minimum Gasteiger partial charge on any atom is -0.466 e. The topological polar surface area (TPSA) is 26.3 Å². The molecule has 0 radical (unpaired) electrons. The number of carbonyl (C=O) groups is 1. The molecule has 3 aliphatic carbocycles. The van der Waals surface area contributed by atoms with Crippen LogP contribution in [0.5, 0.6) is 0 Å². The van der Waals surface area contributed by atoms with Gasteiger partial charge in [-0.05, 0) is 68.6 Å². The maximum atomic E-state index is 11.6. The van der Waals surface area contributed by atoms with Crippen LogP contribution < -0.4 is 0 Å². The summed E-state index contributed by atoms with van der Waals surface area (Å²) in [4.78, 5) is 11.6. The standard InChI is InChI=1S/C16H28O2/c1-13(2)3-4-15(17)18-12-11-16-8-5-14(6-9-16)7-10-16/h13-14H,3-12H2,1-2H3. The molecule has 2 nitrogen and oxygen atoms in total. The fourth-order valence-electron chi connectivity index (χ4n) is 3.57. The quantitative estimate of drug-likeness (QED) is 0.658. The predicted octanol–water partition coefficient (Wildman–Crippen LogP) is 4.33. The Bertz CT molecular complexity index is 261. The van der Waals surface area contributed by atoms with Crippen LogP contribution in [0.25, 0.3) is 0 Å². The lowest BCUT2D eigenvalue weighted by Crippen LogP contribution is -2.35. The number of esters is 1. The van der Waals surface area contributed by atoms with E-state index < -0.39 is 0 Å². The molecule has 0 aliphatic heterocycles. The molecule has 2 heteroatoms. The molecule has 2 bridgehead atoms. The van der Waals surface area contributed by atoms with Gasteiger partial charge < -0.3 is 4.74 Å². The summed E-state index contributed by atoms with van der Waals surface area (Å²) in [5, 5.41) is 0. The average molecular weight is 252 g/mol. The van der Waals surface area contributed by atoms with Gasteiger partial charge in [0.25, 0.3) is 0 Å². The first-order valence-electron chi connectivity index (χ1n) is 7.75. The van der Waals surface area contributed by atoms with Crippen LogP contribution in [0.2, 0.25) is 0 Å². The summed E-state index contributed by atoms with van der Waals surface area (Å²) in [6.45, 7) is 4.95. The molecule has 0 heterocycles. The Labute approximate surface area is 111 Å². The second-order valence-electron chi connectivity index (χ2n) is 6.89. The van der Waals surface area contributed by atoms with E-state index in [4.69, 9.17) is 4.74 Å². The van der Waals surface area contributed by atoms with Crippen molar-refractivity contribution in [1.29, 1.82) is 0 Å². The molecule has 0 unspecified atom stereocenters. The van der Waals surface area contributed by atoms with Gasteiger partial charge in [-0.15, -0.1) is 0 Å². The van der Waals surface area contributed by atoms with E-state index >= 15 is 0 Å². The molecule has 104 valence electrons. The zero-order valence-corrected chi connectivity index (χ0v) is 12.0. The third-order valence-corrected chi connectivity index (χ3v) is 5.07. The molecule has 3 aliphatic rings. The molecular weight excluding hydrogens is 224 g/mol.